The maximum Gasteiger partial charge on any atom is 0.192 e. The normalized spacial score (nSPS) is 14.7. The van der Waals surface area contributed by atoms with Gasteiger partial charge in [0.15, 0.2) is 5.96 Å². The van der Waals surface area contributed by atoms with E-state index in [-0.39, 0.29) is 30.0 Å². The number of nitrogens with one attached hydrogen (secondary N) is 2. The molecule has 0 aromatic heterocycles. The van der Waals surface area contributed by atoms with E-state index >= 15 is 0 Å². The molecule has 6 nitrogen and oxygen atoms in total. The van der Waals surface area contributed by atoms with Crippen LogP contribution in [0.1, 0.15) is 43.9 Å². The van der Waals surface area contributed by atoms with Crippen LogP contribution in [0, 0.1) is 0 Å². The van der Waals surface area contributed by atoms with E-state index in [2.05, 4.69) is 78.7 Å². The van der Waals surface area contributed by atoms with Crippen molar-refractivity contribution in [1.29, 1.82) is 0 Å². The van der Waals surface area contributed by atoms with Gasteiger partial charge in [0.25, 0.3) is 0 Å². The number of rotatable bonds is 10. The van der Waals surface area contributed by atoms with E-state index in [1.807, 2.05) is 18.2 Å². The Morgan fingerprint density at radius 3 is 2.61 bits per heavy atom. The second kappa shape index (κ2) is 14.3. The molecule has 1 atom stereocenters. The largest absolute Gasteiger partial charge is 0.492 e. The summed E-state index contributed by atoms with van der Waals surface area (Å²) in [5.41, 5.74) is 3.68. The molecule has 0 spiro atoms. The fraction of sp³-hybridized carbons (Fsp3) is 0.500. The average molecular weight is 566 g/mol. The molecule has 33 heavy (non-hydrogen) atoms. The number of benzene rings is 2. The second-order valence-electron chi connectivity index (χ2n) is 8.61. The van der Waals surface area contributed by atoms with Crippen LogP contribution in [0.4, 0.5) is 5.69 Å². The third kappa shape index (κ3) is 8.70. The third-order valence-electron chi connectivity index (χ3n) is 5.72. The molecule has 1 heterocycles. The monoisotopic (exact) mass is 565 g/mol. The minimum Gasteiger partial charge on any atom is -0.492 e. The molecule has 0 amide bonds. The Kier molecular flexibility index (Phi) is 11.8. The third-order valence-corrected chi connectivity index (χ3v) is 5.72. The van der Waals surface area contributed by atoms with E-state index in [1.165, 1.54) is 24.1 Å². The number of halogens is 1. The first-order chi connectivity index (χ1) is 15.6. The summed E-state index contributed by atoms with van der Waals surface area (Å²) in [6.45, 7) is 9.52. The lowest BCUT2D eigenvalue weighted by molar-refractivity contribution is 0.259. The van der Waals surface area contributed by atoms with Crippen LogP contribution in [0.15, 0.2) is 53.5 Å². The zero-order valence-electron chi connectivity index (χ0n) is 20.5. The number of hydrogen-bond acceptors (Lipinski definition) is 4. The van der Waals surface area contributed by atoms with Gasteiger partial charge in [-0.1, -0.05) is 30.3 Å². The molecule has 2 aromatic rings. The highest BCUT2D eigenvalue weighted by Gasteiger charge is 2.14. The fourth-order valence-corrected chi connectivity index (χ4v) is 3.85. The van der Waals surface area contributed by atoms with Gasteiger partial charge in [0.2, 0.25) is 0 Å². The number of anilines is 1. The fourth-order valence-electron chi connectivity index (χ4n) is 3.85. The summed E-state index contributed by atoms with van der Waals surface area (Å²) in [4.78, 5) is 9.44. The molecule has 2 N–H and O–H groups in total. The summed E-state index contributed by atoms with van der Waals surface area (Å²) in [6.07, 6.45) is 2.57. The molecule has 1 aliphatic rings. The molecule has 1 fully saturated rings. The topological polar surface area (TPSA) is 52.1 Å². The first-order valence-electron chi connectivity index (χ1n) is 11.8. The van der Waals surface area contributed by atoms with Gasteiger partial charge in [-0.25, -0.2) is 4.99 Å². The van der Waals surface area contributed by atoms with E-state index in [4.69, 9.17) is 9.73 Å². The molecule has 0 saturated carbocycles. The van der Waals surface area contributed by atoms with Gasteiger partial charge in [0.1, 0.15) is 12.4 Å². The van der Waals surface area contributed by atoms with E-state index in [0.717, 1.165) is 43.5 Å². The summed E-state index contributed by atoms with van der Waals surface area (Å²) < 4.78 is 6.00. The van der Waals surface area contributed by atoms with E-state index in [0.29, 0.717) is 13.2 Å². The van der Waals surface area contributed by atoms with Crippen LogP contribution in [0.3, 0.4) is 0 Å². The Hall–Kier alpha value is -2.00. The Bertz CT molecular complexity index is 867. The van der Waals surface area contributed by atoms with Gasteiger partial charge in [0, 0.05) is 37.4 Å². The quantitative estimate of drug-likeness (QED) is 0.250. The predicted molar refractivity (Wildman–Crippen MR) is 150 cm³/mol. The molecular weight excluding hydrogens is 525 g/mol. The van der Waals surface area contributed by atoms with Crippen LogP contribution in [0.5, 0.6) is 5.75 Å². The van der Waals surface area contributed by atoms with Gasteiger partial charge in [-0.2, -0.15) is 0 Å². The Labute approximate surface area is 216 Å². The molecule has 3 rings (SSSR count). The first-order valence-corrected chi connectivity index (χ1v) is 11.8. The summed E-state index contributed by atoms with van der Waals surface area (Å²) in [5, 5.41) is 6.95. The number of guanidine groups is 1. The van der Waals surface area contributed by atoms with Gasteiger partial charge < -0.3 is 25.2 Å². The van der Waals surface area contributed by atoms with Crippen LogP contribution in [-0.4, -0.2) is 57.7 Å². The minimum absolute atomic E-state index is 0. The lowest BCUT2D eigenvalue weighted by Crippen LogP contribution is -2.38. The van der Waals surface area contributed by atoms with Crippen LogP contribution in [0.2, 0.25) is 0 Å². The number of likely N-dealkylation sites (N-methyl/N-ethyl adjacent to an activating group) is 1. The summed E-state index contributed by atoms with van der Waals surface area (Å²) in [6, 6.07) is 17.2. The highest BCUT2D eigenvalue weighted by atomic mass is 127. The number of aliphatic imine (C=N–C) groups is 1. The lowest BCUT2D eigenvalue weighted by Gasteiger charge is -2.22. The molecule has 0 bridgehead atoms. The molecule has 0 radical (unpaired) electrons. The Morgan fingerprint density at radius 2 is 1.88 bits per heavy atom. The van der Waals surface area contributed by atoms with Gasteiger partial charge in [-0.15, -0.1) is 24.0 Å². The zero-order chi connectivity index (χ0) is 22.8. The van der Waals surface area contributed by atoms with Gasteiger partial charge in [0.05, 0.1) is 12.6 Å². The number of hydrogen-bond donors (Lipinski definition) is 2. The maximum atomic E-state index is 6.00. The molecule has 1 saturated heterocycles. The standard InChI is InChI=1S/C26H39N5O.HI/c1-5-27-26(28-20-23-11-6-7-14-25(23)32-18-17-30(3)4)29-21(2)22-12-10-13-24(19-22)31-15-8-9-16-31;/h6-7,10-14,19,21H,5,8-9,15-18,20H2,1-4H3,(H2,27,28,29);1H. The van der Waals surface area contributed by atoms with Crippen molar-refractivity contribution >= 4 is 35.6 Å². The highest BCUT2D eigenvalue weighted by Crippen LogP contribution is 2.24. The van der Waals surface area contributed by atoms with Crippen LogP contribution in [0.25, 0.3) is 0 Å². The molecule has 1 aliphatic heterocycles. The molecule has 2 aromatic carbocycles. The van der Waals surface area contributed by atoms with Crippen molar-refractivity contribution in [1.82, 2.24) is 15.5 Å². The van der Waals surface area contributed by atoms with Crippen molar-refractivity contribution in [2.24, 2.45) is 4.99 Å². The maximum absolute atomic E-state index is 6.00. The summed E-state index contributed by atoms with van der Waals surface area (Å²) in [5.74, 6) is 1.72. The molecule has 182 valence electrons. The van der Waals surface area contributed by atoms with Crippen molar-refractivity contribution in [2.75, 3.05) is 51.8 Å². The van der Waals surface area contributed by atoms with Crippen molar-refractivity contribution in [3.63, 3.8) is 0 Å². The van der Waals surface area contributed by atoms with Gasteiger partial charge >= 0.3 is 0 Å². The SMILES string of the molecule is CCNC(=NCc1ccccc1OCCN(C)C)NC(C)c1cccc(N2CCCC2)c1.I. The van der Waals surface area contributed by atoms with Crippen LogP contribution >= 0.6 is 24.0 Å². The van der Waals surface area contributed by atoms with Crippen molar-refractivity contribution in [3.05, 3.63) is 59.7 Å². The van der Waals surface area contributed by atoms with E-state index in [9.17, 15) is 0 Å². The average Bonchev–Trinajstić information content (AvgIpc) is 3.33. The van der Waals surface area contributed by atoms with Gasteiger partial charge in [-0.3, -0.25) is 0 Å². The van der Waals surface area contributed by atoms with Crippen molar-refractivity contribution < 1.29 is 4.74 Å². The van der Waals surface area contributed by atoms with E-state index in [1.54, 1.807) is 0 Å². The smallest absolute Gasteiger partial charge is 0.192 e. The Balaban J connectivity index is 0.00000385. The molecule has 1 unspecified atom stereocenters. The van der Waals surface area contributed by atoms with Crippen LogP contribution < -0.4 is 20.3 Å². The summed E-state index contributed by atoms with van der Waals surface area (Å²) >= 11 is 0. The molecule has 7 heteroatoms. The number of para-hydroxylation sites is 1. The van der Waals surface area contributed by atoms with E-state index < -0.39 is 0 Å². The highest BCUT2D eigenvalue weighted by molar-refractivity contribution is 14.0. The molecular formula is C26H40IN5O. The Morgan fingerprint density at radius 1 is 1.12 bits per heavy atom. The van der Waals surface area contributed by atoms with Gasteiger partial charge in [-0.05, 0) is 64.5 Å². The molecule has 0 aliphatic carbocycles. The first kappa shape index (κ1) is 27.2. The lowest BCUT2D eigenvalue weighted by atomic mass is 10.1. The van der Waals surface area contributed by atoms with Crippen molar-refractivity contribution in [2.45, 2.75) is 39.3 Å². The number of nitrogens with zero attached hydrogens (tertiary/aromatic N) is 3. The second-order valence-corrected chi connectivity index (χ2v) is 8.61. The summed E-state index contributed by atoms with van der Waals surface area (Å²) in [7, 11) is 4.10. The van der Waals surface area contributed by atoms with Crippen LogP contribution in [-0.2, 0) is 6.54 Å². The predicted octanol–water partition coefficient (Wildman–Crippen LogP) is 4.66. The minimum atomic E-state index is 0. The zero-order valence-corrected chi connectivity index (χ0v) is 22.8. The van der Waals surface area contributed by atoms with Crippen molar-refractivity contribution in [3.8, 4) is 5.75 Å². The number of ether oxygens (including phenoxy) is 1.